The molecule has 0 fully saturated rings. The topological polar surface area (TPSA) is 77.1 Å². The maximum absolute atomic E-state index is 12.8. The second kappa shape index (κ2) is 8.44. The highest BCUT2D eigenvalue weighted by Gasteiger charge is 2.31. The van der Waals surface area contributed by atoms with E-state index in [2.05, 4.69) is 5.32 Å². The third-order valence-electron chi connectivity index (χ3n) is 4.19. The number of ether oxygens (including phenoxy) is 3. The van der Waals surface area contributed by atoms with Crippen LogP contribution in [0.15, 0.2) is 48.5 Å². The number of amides is 2. The van der Waals surface area contributed by atoms with Crippen molar-refractivity contribution in [3.05, 3.63) is 48.5 Å². The molecule has 0 unspecified atom stereocenters. The van der Waals surface area contributed by atoms with E-state index in [4.69, 9.17) is 14.2 Å². The van der Waals surface area contributed by atoms with Gasteiger partial charge in [-0.2, -0.15) is 0 Å². The predicted molar refractivity (Wildman–Crippen MR) is 100 cm³/mol. The summed E-state index contributed by atoms with van der Waals surface area (Å²) in [6.07, 6.45) is -0.779. The summed E-state index contributed by atoms with van der Waals surface area (Å²) in [4.78, 5) is 26.6. The molecule has 1 heterocycles. The minimum atomic E-state index is -0.779. The number of carbonyl (C=O) groups excluding carboxylic acids is 2. The number of methoxy groups -OCH3 is 1. The highest BCUT2D eigenvalue weighted by molar-refractivity contribution is 5.96. The number of nitrogens with one attached hydrogen (secondary N) is 1. The van der Waals surface area contributed by atoms with Crippen molar-refractivity contribution in [3.8, 4) is 17.2 Å². The largest absolute Gasteiger partial charge is 0.495 e. The van der Waals surface area contributed by atoms with Crippen LogP contribution in [0.5, 0.6) is 17.2 Å². The summed E-state index contributed by atoms with van der Waals surface area (Å²) in [7, 11) is 1.53. The Labute approximate surface area is 157 Å². The summed E-state index contributed by atoms with van der Waals surface area (Å²) in [6, 6.07) is 14.3. The normalized spacial score (nSPS) is 15.0. The van der Waals surface area contributed by atoms with Gasteiger partial charge in [-0.3, -0.25) is 9.59 Å². The molecule has 3 rings (SSSR count). The van der Waals surface area contributed by atoms with Crippen LogP contribution in [0.25, 0.3) is 0 Å². The molecule has 0 aromatic heterocycles. The second-order valence-electron chi connectivity index (χ2n) is 5.97. The Balaban J connectivity index is 1.63. The van der Waals surface area contributed by atoms with E-state index in [1.165, 1.54) is 12.0 Å². The van der Waals surface area contributed by atoms with Crippen molar-refractivity contribution in [2.75, 3.05) is 32.1 Å². The number of para-hydroxylation sites is 4. The van der Waals surface area contributed by atoms with E-state index in [9.17, 15) is 9.59 Å². The Kier molecular flexibility index (Phi) is 5.80. The van der Waals surface area contributed by atoms with Crippen LogP contribution in [0.3, 0.4) is 0 Å². The fraction of sp³-hybridized carbons (Fsp3) is 0.300. The van der Waals surface area contributed by atoms with E-state index < -0.39 is 6.10 Å². The van der Waals surface area contributed by atoms with Crippen molar-refractivity contribution < 1.29 is 23.8 Å². The highest BCUT2D eigenvalue weighted by Crippen LogP contribution is 2.31. The number of benzene rings is 2. The summed E-state index contributed by atoms with van der Waals surface area (Å²) in [5, 5.41) is 2.77. The van der Waals surface area contributed by atoms with Gasteiger partial charge in [0.1, 0.15) is 12.4 Å². The van der Waals surface area contributed by atoms with Gasteiger partial charge in [0, 0.05) is 6.54 Å². The van der Waals surface area contributed by atoms with E-state index in [1.54, 1.807) is 30.3 Å². The van der Waals surface area contributed by atoms with E-state index >= 15 is 0 Å². The number of nitrogens with zero attached hydrogens (tertiary/aromatic N) is 1. The van der Waals surface area contributed by atoms with Crippen LogP contribution in [0.2, 0.25) is 0 Å². The van der Waals surface area contributed by atoms with Gasteiger partial charge in [-0.1, -0.05) is 24.3 Å². The lowest BCUT2D eigenvalue weighted by molar-refractivity contribution is -0.143. The van der Waals surface area contributed by atoms with Crippen molar-refractivity contribution in [1.29, 1.82) is 0 Å². The van der Waals surface area contributed by atoms with Gasteiger partial charge in [0.05, 0.1) is 19.3 Å². The molecular weight excluding hydrogens is 348 g/mol. The summed E-state index contributed by atoms with van der Waals surface area (Å²) >= 11 is 0. The number of likely N-dealkylation sites (N-methyl/N-ethyl adjacent to an activating group) is 1. The quantitative estimate of drug-likeness (QED) is 0.844. The molecule has 0 saturated carbocycles. The molecule has 0 saturated heterocycles. The Morgan fingerprint density at radius 1 is 1.15 bits per heavy atom. The molecular formula is C20H22N2O5. The average Bonchev–Trinajstić information content (AvgIpc) is 2.71. The smallest absolute Gasteiger partial charge is 0.267 e. The van der Waals surface area contributed by atoms with Gasteiger partial charge in [-0.15, -0.1) is 0 Å². The zero-order chi connectivity index (χ0) is 19.2. The Morgan fingerprint density at radius 3 is 2.59 bits per heavy atom. The molecule has 2 aromatic rings. The number of hydrogen-bond donors (Lipinski definition) is 1. The molecule has 27 heavy (non-hydrogen) atoms. The highest BCUT2D eigenvalue weighted by atomic mass is 16.6. The molecule has 2 amide bonds. The first kappa shape index (κ1) is 18.6. The first-order valence-electron chi connectivity index (χ1n) is 8.72. The van der Waals surface area contributed by atoms with Crippen LogP contribution < -0.4 is 19.5 Å². The predicted octanol–water partition coefficient (Wildman–Crippen LogP) is 2.32. The maximum Gasteiger partial charge on any atom is 0.267 e. The Hall–Kier alpha value is -3.22. The van der Waals surface area contributed by atoms with E-state index in [-0.39, 0.29) is 25.0 Å². The first-order valence-corrected chi connectivity index (χ1v) is 8.72. The van der Waals surface area contributed by atoms with Crippen molar-refractivity contribution >= 4 is 17.5 Å². The van der Waals surface area contributed by atoms with Gasteiger partial charge in [-0.25, -0.2) is 0 Å². The summed E-state index contributed by atoms with van der Waals surface area (Å²) in [6.45, 7) is 2.21. The minimum absolute atomic E-state index is 0.0884. The summed E-state index contributed by atoms with van der Waals surface area (Å²) < 4.78 is 16.6. The molecule has 0 spiro atoms. The summed E-state index contributed by atoms with van der Waals surface area (Å²) in [5.41, 5.74) is 0.555. The van der Waals surface area contributed by atoms with Crippen LogP contribution in [0, 0.1) is 0 Å². The lowest BCUT2D eigenvalue weighted by atomic mass is 10.2. The third kappa shape index (κ3) is 4.31. The molecule has 1 N–H and O–H groups in total. The number of rotatable bonds is 6. The lowest BCUT2D eigenvalue weighted by Gasteiger charge is -2.30. The summed E-state index contributed by atoms with van der Waals surface area (Å²) in [5.74, 6) is 1.09. The minimum Gasteiger partial charge on any atom is -0.495 e. The first-order chi connectivity index (χ1) is 13.1. The molecule has 1 aliphatic rings. The van der Waals surface area contributed by atoms with Gasteiger partial charge in [-0.05, 0) is 31.2 Å². The zero-order valence-corrected chi connectivity index (χ0v) is 15.3. The number of anilines is 1. The van der Waals surface area contributed by atoms with Crippen molar-refractivity contribution in [1.82, 2.24) is 4.90 Å². The molecule has 0 radical (unpaired) electrons. The number of carbonyl (C=O) groups is 2. The van der Waals surface area contributed by atoms with Gasteiger partial charge in [0.25, 0.3) is 5.91 Å². The van der Waals surface area contributed by atoms with Crippen LogP contribution in [0.1, 0.15) is 6.92 Å². The molecule has 7 nitrogen and oxygen atoms in total. The zero-order valence-electron chi connectivity index (χ0n) is 15.3. The molecule has 7 heteroatoms. The molecule has 142 valence electrons. The van der Waals surface area contributed by atoms with Crippen LogP contribution in [-0.4, -0.2) is 49.6 Å². The number of hydrogen-bond acceptors (Lipinski definition) is 5. The molecule has 0 bridgehead atoms. The maximum atomic E-state index is 12.8. The van der Waals surface area contributed by atoms with Crippen LogP contribution in [-0.2, 0) is 9.59 Å². The van der Waals surface area contributed by atoms with E-state index in [0.717, 1.165) is 0 Å². The number of fused-ring (bicyclic) bond motifs is 1. The van der Waals surface area contributed by atoms with Gasteiger partial charge < -0.3 is 24.4 Å². The Bertz CT molecular complexity index is 824. The third-order valence-corrected chi connectivity index (χ3v) is 4.19. The fourth-order valence-corrected chi connectivity index (χ4v) is 2.80. The van der Waals surface area contributed by atoms with Crippen molar-refractivity contribution in [2.24, 2.45) is 0 Å². The van der Waals surface area contributed by atoms with Crippen LogP contribution >= 0.6 is 0 Å². The fourth-order valence-electron chi connectivity index (χ4n) is 2.80. The van der Waals surface area contributed by atoms with Gasteiger partial charge >= 0.3 is 0 Å². The van der Waals surface area contributed by atoms with Gasteiger partial charge in [0.2, 0.25) is 12.0 Å². The van der Waals surface area contributed by atoms with E-state index in [0.29, 0.717) is 29.5 Å². The monoisotopic (exact) mass is 370 g/mol. The SMILES string of the molecule is CCN(CC(=O)Nc1ccccc1OC)C(=O)[C@H]1COc2ccccc2O1. The van der Waals surface area contributed by atoms with Crippen molar-refractivity contribution in [3.63, 3.8) is 0 Å². The molecule has 0 aliphatic carbocycles. The average molecular weight is 370 g/mol. The standard InChI is InChI=1S/C20H22N2O5/c1-3-22(12-19(23)21-14-8-4-5-9-15(14)25-2)20(24)18-13-26-16-10-6-7-11-17(16)27-18/h4-11,18H,3,12-13H2,1-2H3,(H,21,23)/t18-/m1/s1. The molecule has 1 aliphatic heterocycles. The Morgan fingerprint density at radius 2 is 1.85 bits per heavy atom. The van der Waals surface area contributed by atoms with Crippen molar-refractivity contribution in [2.45, 2.75) is 13.0 Å². The van der Waals surface area contributed by atoms with E-state index in [1.807, 2.05) is 25.1 Å². The second-order valence-corrected chi connectivity index (χ2v) is 5.97. The molecule has 1 atom stereocenters. The van der Waals surface area contributed by atoms with Gasteiger partial charge in [0.15, 0.2) is 11.5 Å². The lowest BCUT2D eigenvalue weighted by Crippen LogP contribution is -2.48. The van der Waals surface area contributed by atoms with Crippen LogP contribution in [0.4, 0.5) is 5.69 Å². The molecule has 2 aromatic carbocycles.